The molecule has 0 saturated carbocycles. The third kappa shape index (κ3) is 36.2. The van der Waals surface area contributed by atoms with Crippen LogP contribution in [0.1, 0.15) is 146 Å². The first-order valence-corrected chi connectivity index (χ1v) is 47.0. The van der Waals surface area contributed by atoms with Gasteiger partial charge in [0.2, 0.25) is 47.0 Å². The first-order valence-electron chi connectivity index (χ1n) is 45.4. The van der Waals surface area contributed by atoms with Crippen LogP contribution in [0.5, 0.6) is 93.0 Å². The number of halogens is 2. The number of rotatable bonds is 23. The summed E-state index contributed by atoms with van der Waals surface area (Å²) in [5, 5.41) is 39.5. The van der Waals surface area contributed by atoms with Gasteiger partial charge < -0.3 is 111 Å². The molecule has 5 aliphatic rings. The molecule has 13 heterocycles. The summed E-state index contributed by atoms with van der Waals surface area (Å²) in [7, 11) is 13.7. The van der Waals surface area contributed by atoms with Crippen LogP contribution in [0.25, 0.3) is 0 Å². The summed E-state index contributed by atoms with van der Waals surface area (Å²) in [4.78, 5) is 118. The second-order valence-electron chi connectivity index (χ2n) is 31.1. The zero-order valence-corrected chi connectivity index (χ0v) is 86.0. The minimum absolute atomic E-state index is 0.0465. The predicted octanol–water partition coefficient (Wildman–Crippen LogP) is 17.4. The van der Waals surface area contributed by atoms with Crippen molar-refractivity contribution >= 4 is 79.0 Å². The van der Waals surface area contributed by atoms with Crippen LogP contribution >= 0.6 is 31.9 Å². The molecule has 3 fully saturated rings. The fourth-order valence-corrected chi connectivity index (χ4v) is 14.6. The van der Waals surface area contributed by atoms with Crippen molar-refractivity contribution < 1.29 is 130 Å². The Morgan fingerprint density at radius 1 is 0.414 bits per heavy atom. The number of aromatic hydroxyl groups is 2. The molecule has 8 aromatic heterocycles. The number of oxime groups is 1. The molecule has 3 saturated heterocycles. The van der Waals surface area contributed by atoms with E-state index in [1.165, 1.54) is 89.1 Å². The summed E-state index contributed by atoms with van der Waals surface area (Å²) < 4.78 is 89.6. The smallest absolute Gasteiger partial charge is 0.409 e. The summed E-state index contributed by atoms with van der Waals surface area (Å²) in [6, 6.07) is 58.2. The van der Waals surface area contributed by atoms with E-state index in [0.717, 1.165) is 16.7 Å². The SMILES string of the molecule is CCOC(=O)N1CCC(=O)CC1.CCOC(=O)N1CCC2(CC1)CC(=NO)c1nc(OC)ccc1O2.CCOC(=O)N1CCC2(CC1)CC(=O)c1nc(OC)ccc1O2.COc1ccc(O)c(Br)n1.COc1ccc(O)cn1.COc1ccc(OC)c(C(C)=O)n1.COc1ccc(OCc2ccccc2)c(Br)n1.COc1ccc(OCc2ccccc2)c(C#N)n1.COc1ccc(OCc2ccccc2)c(C(C)=O)n1. The molecule has 3 amide bonds. The van der Waals surface area contributed by atoms with Crippen LogP contribution in [0.15, 0.2) is 209 Å². The van der Waals surface area contributed by atoms with E-state index in [2.05, 4.69) is 76.9 Å². The minimum Gasteiger partial charge on any atom is -0.506 e. The Labute approximate surface area is 856 Å². The number of Topliss-reactive ketones (excluding diaryl/α,β-unsaturated/α-hetero) is 4. The standard InChI is InChI=1S/C16H21N3O5.C16H20N2O5.C15H15NO3.C14H12N2O2.C13H12BrNO2.C9H11NO3.C8H13NO3.C6H6BrNO2.C6H7NO2/c1-3-23-15(20)19-8-6-16(7-9-19)10-11(18-21)14-12(24-16)4-5-13(17-14)22-2;1-3-22-15(20)18-8-6-16(7-9-18)10-11(19)14-12(23-16)4-5-13(17-14)21-2;1-11(17)15-13(8-9-14(16-15)18-2)19-10-12-6-4-3-5-7-12;1-17-14-8-7-13(12(9-15)16-14)18-10-11-5-3-2-4-6-11;1-16-12-8-7-11(13(14)15-12)17-9-10-5-3-2-4-6-10;1-6(11)9-7(12-2)4-5-8(10-9)13-3;1-2-12-8(11)9-5-3-7(10)4-6-9;1-10-5-3-2-4(9)6(7)8-5;1-9-6-3-2-5(8)4-7-6/h4-5,21H,3,6-10H2,1-2H3;4-5H,3,6-10H2,1-2H3;3-9H,10H2,1-2H3;2-8H,10H2,1H3;2-8H,9H2,1H3;4-5H,1-3H3;2-6H2,1H3;2-3,9H,1H3;2-4,8H,1H3. The van der Waals surface area contributed by atoms with Gasteiger partial charge in [0.05, 0.1) is 96.4 Å². The number of fused-ring (bicyclic) bond motifs is 2. The number of hydrogen-bond acceptors (Lipinski definition) is 37. The highest BCUT2D eigenvalue weighted by Gasteiger charge is 2.46. The molecule has 0 aliphatic carbocycles. The van der Waals surface area contributed by atoms with Crippen LogP contribution in [-0.4, -0.2) is 251 Å². The molecule has 0 atom stereocenters. The lowest BCUT2D eigenvalue weighted by Crippen LogP contribution is -2.52. The average Bonchev–Trinajstić information content (AvgIpc) is 0.762. The first kappa shape index (κ1) is 114. The molecular formula is C103H117Br2N13O27. The molecule has 5 aliphatic heterocycles. The lowest BCUT2D eigenvalue weighted by molar-refractivity contribution is -0.121. The highest BCUT2D eigenvalue weighted by atomic mass is 79.9. The van der Waals surface area contributed by atoms with Gasteiger partial charge in [0.25, 0.3) is 0 Å². The number of carbonyl (C=O) groups is 7. The number of amides is 3. The summed E-state index contributed by atoms with van der Waals surface area (Å²) in [5.74, 6) is 6.90. The van der Waals surface area contributed by atoms with E-state index in [9.17, 15) is 38.8 Å². The topological polar surface area (TPSA) is 486 Å². The molecule has 42 heteroatoms. The monoisotopic (exact) mass is 2130 g/mol. The second kappa shape index (κ2) is 59.7. The van der Waals surface area contributed by atoms with Crippen molar-refractivity contribution in [3.63, 3.8) is 0 Å². The molecular weight excluding hydrogens is 2010 g/mol. The lowest BCUT2D eigenvalue weighted by Gasteiger charge is -2.43. The van der Waals surface area contributed by atoms with Crippen molar-refractivity contribution in [1.29, 1.82) is 5.26 Å². The molecule has 3 N–H and O–H groups in total. The van der Waals surface area contributed by atoms with Gasteiger partial charge in [0.15, 0.2) is 60.8 Å². The van der Waals surface area contributed by atoms with Gasteiger partial charge >= 0.3 is 18.3 Å². The molecule has 0 radical (unpaired) electrons. The van der Waals surface area contributed by atoms with E-state index in [4.69, 9.17) is 96.0 Å². The van der Waals surface area contributed by atoms with Crippen molar-refractivity contribution in [2.45, 2.75) is 117 Å². The maximum atomic E-state index is 12.4. The molecule has 770 valence electrons. The highest BCUT2D eigenvalue weighted by molar-refractivity contribution is 9.10. The van der Waals surface area contributed by atoms with Crippen molar-refractivity contribution in [3.05, 3.63) is 249 Å². The molecule has 0 bridgehead atoms. The van der Waals surface area contributed by atoms with Crippen LogP contribution in [0.3, 0.4) is 0 Å². The van der Waals surface area contributed by atoms with Crippen molar-refractivity contribution in [2.75, 3.05) is 123 Å². The summed E-state index contributed by atoms with van der Waals surface area (Å²) in [6.45, 7) is 13.8. The molecule has 0 unspecified atom stereocenters. The number of aromatic nitrogens is 8. The zero-order chi connectivity index (χ0) is 105. The maximum Gasteiger partial charge on any atom is 0.409 e. The summed E-state index contributed by atoms with van der Waals surface area (Å²) in [5.41, 5.74) is 4.25. The highest BCUT2D eigenvalue weighted by Crippen LogP contribution is 2.42. The van der Waals surface area contributed by atoms with E-state index in [1.807, 2.05) is 103 Å². The molecule has 11 aromatic rings. The number of likely N-dealkylation sites (tertiary alicyclic amines) is 3. The third-order valence-electron chi connectivity index (χ3n) is 21.4. The maximum absolute atomic E-state index is 12.4. The number of hydrogen-bond donors (Lipinski definition) is 3. The number of ketones is 4. The van der Waals surface area contributed by atoms with Gasteiger partial charge in [0.1, 0.15) is 88.8 Å². The van der Waals surface area contributed by atoms with E-state index < -0.39 is 11.2 Å². The quantitative estimate of drug-likeness (QED) is 0.0176. The Morgan fingerprint density at radius 2 is 0.772 bits per heavy atom. The second-order valence-corrected chi connectivity index (χ2v) is 32.6. The van der Waals surface area contributed by atoms with E-state index in [1.54, 1.807) is 121 Å². The van der Waals surface area contributed by atoms with Gasteiger partial charge in [-0.1, -0.05) is 96.2 Å². The molecule has 40 nitrogen and oxygen atoms in total. The Morgan fingerprint density at radius 3 is 1.18 bits per heavy atom. The number of carbonyl (C=O) groups excluding carboxylic acids is 7. The predicted molar refractivity (Wildman–Crippen MR) is 536 cm³/mol. The van der Waals surface area contributed by atoms with Crippen molar-refractivity contribution in [1.82, 2.24) is 54.6 Å². The number of benzene rings is 3. The van der Waals surface area contributed by atoms with Gasteiger partial charge in [-0.15, -0.1) is 0 Å². The Balaban J connectivity index is 0.000000202. The average molecular weight is 2130 g/mol. The van der Waals surface area contributed by atoms with Crippen LogP contribution < -0.4 is 66.3 Å². The summed E-state index contributed by atoms with van der Waals surface area (Å²) in [6.07, 6.45) is 4.55. The van der Waals surface area contributed by atoms with E-state index in [-0.39, 0.29) is 70.7 Å². The van der Waals surface area contributed by atoms with E-state index in [0.29, 0.717) is 237 Å². The third-order valence-corrected chi connectivity index (χ3v) is 22.5. The van der Waals surface area contributed by atoms with Crippen molar-refractivity contribution in [3.8, 4) is 99.1 Å². The van der Waals surface area contributed by atoms with Crippen LogP contribution in [-0.2, 0) is 38.8 Å². The van der Waals surface area contributed by atoms with Gasteiger partial charge in [-0.25, -0.2) is 49.3 Å². The number of methoxy groups -OCH3 is 9. The molecule has 16 rings (SSSR count). The zero-order valence-electron chi connectivity index (χ0n) is 82.8. The number of pyridine rings is 8. The van der Waals surface area contributed by atoms with Gasteiger partial charge in [-0.3, -0.25) is 19.2 Å². The number of nitrogens with zero attached hydrogens (tertiary/aromatic N) is 13. The number of nitriles is 1. The van der Waals surface area contributed by atoms with Crippen LogP contribution in [0.2, 0.25) is 0 Å². The van der Waals surface area contributed by atoms with Gasteiger partial charge in [-0.05, 0) is 118 Å². The molecule has 145 heavy (non-hydrogen) atoms. The molecule has 2 spiro atoms. The fraction of sp³-hybridized carbons (Fsp3) is 0.350. The van der Waals surface area contributed by atoms with Gasteiger partial charge in [-0.2, -0.15) is 10.2 Å². The van der Waals surface area contributed by atoms with Crippen LogP contribution in [0.4, 0.5) is 14.4 Å². The minimum atomic E-state index is -0.552. The van der Waals surface area contributed by atoms with Crippen molar-refractivity contribution in [2.24, 2.45) is 5.16 Å². The number of piperidine rings is 3. The Hall–Kier alpha value is -15.9. The molecule has 3 aromatic carbocycles. The lowest BCUT2D eigenvalue weighted by atomic mass is 9.83. The van der Waals surface area contributed by atoms with Gasteiger partial charge in [0, 0.05) is 147 Å². The normalized spacial score (nSPS) is 13.6. The largest absolute Gasteiger partial charge is 0.506 e. The number of ether oxygens (including phenoxy) is 17. The first-order chi connectivity index (χ1) is 70.0. The van der Waals surface area contributed by atoms with Crippen LogP contribution in [0, 0.1) is 11.3 Å². The fourth-order valence-electron chi connectivity index (χ4n) is 13.8. The Kier molecular flexibility index (Phi) is 47.1. The Bertz CT molecular complexity index is 6070. The van der Waals surface area contributed by atoms with E-state index >= 15 is 0 Å². The summed E-state index contributed by atoms with van der Waals surface area (Å²) >= 11 is 6.39.